The fraction of sp³-hybridized carbons (Fsp3) is 0.483. The number of rotatable bonds is 5. The van der Waals surface area contributed by atoms with Crippen molar-refractivity contribution in [1.82, 2.24) is 9.21 Å². The molecule has 1 aliphatic carbocycles. The Morgan fingerprint density at radius 2 is 1.92 bits per heavy atom. The summed E-state index contributed by atoms with van der Waals surface area (Å²) in [5.74, 6) is 5.76. The molecule has 0 unspecified atom stereocenters. The number of amides is 2. The second kappa shape index (κ2) is 12.0. The predicted molar refractivity (Wildman–Crippen MR) is 149 cm³/mol. The van der Waals surface area contributed by atoms with Crippen LogP contribution in [0.4, 0.5) is 10.5 Å². The largest absolute Gasteiger partial charge is 0.487 e. The Morgan fingerprint density at radius 1 is 1.23 bits per heavy atom. The minimum Gasteiger partial charge on any atom is -0.487 e. The summed E-state index contributed by atoms with van der Waals surface area (Å²) >= 11 is 0. The first-order valence-corrected chi connectivity index (χ1v) is 14.7. The second-order valence-electron chi connectivity index (χ2n) is 10.6. The summed E-state index contributed by atoms with van der Waals surface area (Å²) in [7, 11) is -2.34. The molecule has 3 atom stereocenters. The van der Waals surface area contributed by atoms with Gasteiger partial charge in [-0.3, -0.25) is 0 Å². The summed E-state index contributed by atoms with van der Waals surface area (Å²) in [6.07, 6.45) is 2.50. The maximum absolute atomic E-state index is 13.7. The van der Waals surface area contributed by atoms with Crippen molar-refractivity contribution in [2.24, 2.45) is 5.92 Å². The van der Waals surface area contributed by atoms with Crippen molar-refractivity contribution in [2.75, 3.05) is 32.1 Å². The van der Waals surface area contributed by atoms with E-state index < -0.39 is 27.8 Å². The summed E-state index contributed by atoms with van der Waals surface area (Å²) in [5.41, 5.74) is 0.150. The number of aliphatic hydroxyl groups excluding tert-OH is 1. The van der Waals surface area contributed by atoms with Gasteiger partial charge in [0.15, 0.2) is 0 Å². The van der Waals surface area contributed by atoms with E-state index >= 15 is 0 Å². The van der Waals surface area contributed by atoms with Gasteiger partial charge < -0.3 is 25.2 Å². The molecule has 39 heavy (non-hydrogen) atoms. The number of fused-ring (bicyclic) bond motifs is 1. The van der Waals surface area contributed by atoms with Crippen molar-refractivity contribution in [3.63, 3.8) is 0 Å². The summed E-state index contributed by atoms with van der Waals surface area (Å²) in [4.78, 5) is 14.4. The van der Waals surface area contributed by atoms with E-state index in [-0.39, 0.29) is 42.3 Å². The smallest absolute Gasteiger partial charge is 0.321 e. The average Bonchev–Trinajstić information content (AvgIpc) is 3.36. The fourth-order valence-electron chi connectivity index (χ4n) is 4.89. The Kier molecular flexibility index (Phi) is 8.86. The Balaban J connectivity index is 1.66. The maximum Gasteiger partial charge on any atom is 0.321 e. The number of carbonyl (C=O) groups excluding carboxylic acids is 1. The third-order valence-corrected chi connectivity index (χ3v) is 9.38. The highest BCUT2D eigenvalue weighted by atomic mass is 32.2. The van der Waals surface area contributed by atoms with Crippen LogP contribution in [0.2, 0.25) is 0 Å². The van der Waals surface area contributed by atoms with E-state index in [0.717, 1.165) is 12.8 Å². The van der Waals surface area contributed by atoms with Gasteiger partial charge in [0.1, 0.15) is 22.4 Å². The number of hydrogen-bond acceptors (Lipinski definition) is 6. The Hall–Kier alpha value is -3.10. The normalized spacial score (nSPS) is 22.7. The van der Waals surface area contributed by atoms with Gasteiger partial charge in [-0.1, -0.05) is 37.0 Å². The van der Waals surface area contributed by atoms with Crippen molar-refractivity contribution in [1.29, 1.82) is 0 Å². The number of aliphatic hydroxyl groups is 2. The molecule has 0 saturated heterocycles. The van der Waals surface area contributed by atoms with E-state index in [9.17, 15) is 23.4 Å². The number of benzene rings is 2. The number of sulfonamides is 1. The lowest BCUT2D eigenvalue weighted by Gasteiger charge is -2.37. The monoisotopic (exact) mass is 555 g/mol. The van der Waals surface area contributed by atoms with E-state index in [4.69, 9.17) is 4.74 Å². The van der Waals surface area contributed by atoms with Gasteiger partial charge in [0.2, 0.25) is 10.0 Å². The number of likely N-dealkylation sites (N-methyl/N-ethyl adjacent to an activating group) is 1. The van der Waals surface area contributed by atoms with E-state index in [1.165, 1.54) is 15.3 Å². The third kappa shape index (κ3) is 6.73. The van der Waals surface area contributed by atoms with Crippen LogP contribution in [-0.4, -0.2) is 78.4 Å². The first-order valence-electron chi connectivity index (χ1n) is 13.3. The Labute approximate surface area is 230 Å². The van der Waals surface area contributed by atoms with Crippen LogP contribution in [0.15, 0.2) is 53.4 Å². The zero-order valence-corrected chi connectivity index (χ0v) is 23.4. The molecule has 2 aromatic rings. The van der Waals surface area contributed by atoms with Gasteiger partial charge in [0.25, 0.3) is 0 Å². The van der Waals surface area contributed by atoms with Crippen LogP contribution in [-0.2, 0) is 10.0 Å². The van der Waals surface area contributed by atoms with Crippen molar-refractivity contribution >= 4 is 21.7 Å². The highest BCUT2D eigenvalue weighted by Gasteiger charge is 2.38. The molecule has 2 aliphatic rings. The molecular weight excluding hydrogens is 518 g/mol. The molecule has 1 fully saturated rings. The molecule has 1 aliphatic heterocycles. The van der Waals surface area contributed by atoms with Crippen LogP contribution in [0.25, 0.3) is 0 Å². The standard InChI is InChI=1S/C29H37N3O6S/c1-21-18-32(22(2)20-33)39(36,37)27-12-11-23(13-16-29(35)14-7-8-15-29)17-25(27)38-26(21)19-31(3)28(34)30-24-9-5-4-6-10-24/h4-6,9-12,17,21-22,26,33,35H,7-8,14-15,18-20H2,1-3H3,(H,30,34)/t21-,22+,26-/m0/s1. The molecule has 210 valence electrons. The highest BCUT2D eigenvalue weighted by Crippen LogP contribution is 2.34. The topological polar surface area (TPSA) is 119 Å². The van der Waals surface area contributed by atoms with Crippen LogP contribution in [0, 0.1) is 17.8 Å². The van der Waals surface area contributed by atoms with Gasteiger partial charge in [-0.05, 0) is 62.9 Å². The predicted octanol–water partition coefficient (Wildman–Crippen LogP) is 3.28. The summed E-state index contributed by atoms with van der Waals surface area (Å²) < 4.78 is 35.0. The van der Waals surface area contributed by atoms with Gasteiger partial charge in [-0.25, -0.2) is 13.2 Å². The molecular formula is C29H37N3O6S. The number of urea groups is 1. The number of anilines is 1. The van der Waals surface area contributed by atoms with E-state index in [0.29, 0.717) is 24.1 Å². The molecule has 4 rings (SSSR count). The number of nitrogens with one attached hydrogen (secondary N) is 1. The SMILES string of the molecule is C[C@H](CO)N1C[C@H](C)[C@H](CN(C)C(=O)Nc2ccccc2)Oc2cc(C#CC3(O)CCCC3)ccc2S1(=O)=O. The minimum atomic E-state index is -4.00. The summed E-state index contributed by atoms with van der Waals surface area (Å²) in [6, 6.07) is 12.8. The number of ether oxygens (including phenoxy) is 1. The van der Waals surface area contributed by atoms with Crippen LogP contribution in [0.5, 0.6) is 5.75 Å². The second-order valence-corrected chi connectivity index (χ2v) is 12.4. The van der Waals surface area contributed by atoms with Gasteiger partial charge in [0.05, 0.1) is 13.2 Å². The number of carbonyl (C=O) groups is 1. The number of hydrogen-bond donors (Lipinski definition) is 3. The van der Waals surface area contributed by atoms with E-state index in [2.05, 4.69) is 17.2 Å². The van der Waals surface area contributed by atoms with Crippen LogP contribution < -0.4 is 10.1 Å². The van der Waals surface area contributed by atoms with Crippen molar-refractivity contribution in [2.45, 2.75) is 62.2 Å². The van der Waals surface area contributed by atoms with Crippen molar-refractivity contribution < 1.29 is 28.2 Å². The van der Waals surface area contributed by atoms with E-state index in [1.807, 2.05) is 25.1 Å². The van der Waals surface area contributed by atoms with Crippen molar-refractivity contribution in [3.8, 4) is 17.6 Å². The quantitative estimate of drug-likeness (QED) is 0.488. The Morgan fingerprint density at radius 3 is 2.59 bits per heavy atom. The number of nitrogens with zero attached hydrogens (tertiary/aromatic N) is 2. The van der Waals surface area contributed by atoms with Crippen LogP contribution in [0.1, 0.15) is 45.1 Å². The van der Waals surface area contributed by atoms with Crippen LogP contribution >= 0.6 is 0 Å². The Bertz CT molecular complexity index is 1330. The molecule has 3 N–H and O–H groups in total. The van der Waals surface area contributed by atoms with Crippen LogP contribution in [0.3, 0.4) is 0 Å². The molecule has 0 radical (unpaired) electrons. The lowest BCUT2D eigenvalue weighted by Crippen LogP contribution is -2.50. The van der Waals surface area contributed by atoms with E-state index in [1.54, 1.807) is 38.2 Å². The molecule has 9 nitrogen and oxygen atoms in total. The lowest BCUT2D eigenvalue weighted by molar-refractivity contribution is 0.0830. The highest BCUT2D eigenvalue weighted by molar-refractivity contribution is 7.89. The van der Waals surface area contributed by atoms with Gasteiger partial charge in [0, 0.05) is 36.8 Å². The zero-order chi connectivity index (χ0) is 28.2. The summed E-state index contributed by atoms with van der Waals surface area (Å²) in [5, 5.41) is 23.3. The van der Waals surface area contributed by atoms with Crippen molar-refractivity contribution in [3.05, 3.63) is 54.1 Å². The molecule has 2 amide bonds. The molecule has 0 aromatic heterocycles. The lowest BCUT2D eigenvalue weighted by atomic mass is 10.0. The zero-order valence-electron chi connectivity index (χ0n) is 22.6. The number of para-hydroxylation sites is 1. The molecule has 2 aromatic carbocycles. The summed E-state index contributed by atoms with van der Waals surface area (Å²) in [6.45, 7) is 3.48. The molecule has 0 bridgehead atoms. The molecule has 1 heterocycles. The van der Waals surface area contributed by atoms with Gasteiger partial charge >= 0.3 is 6.03 Å². The molecule has 1 saturated carbocycles. The molecule has 0 spiro atoms. The van der Waals surface area contributed by atoms with Gasteiger partial charge in [-0.15, -0.1) is 0 Å². The average molecular weight is 556 g/mol. The minimum absolute atomic E-state index is 0.0266. The fourth-order valence-corrected chi connectivity index (χ4v) is 6.71. The first kappa shape index (κ1) is 28.9. The molecule has 10 heteroatoms. The third-order valence-electron chi connectivity index (χ3n) is 7.36. The maximum atomic E-state index is 13.7. The van der Waals surface area contributed by atoms with Gasteiger partial charge in [-0.2, -0.15) is 4.31 Å². The first-order chi connectivity index (χ1) is 18.5.